The van der Waals surface area contributed by atoms with E-state index in [1.807, 2.05) is 6.92 Å². The number of benzene rings is 2. The van der Waals surface area contributed by atoms with Gasteiger partial charge >= 0.3 is 5.97 Å². The summed E-state index contributed by atoms with van der Waals surface area (Å²) in [6.45, 7) is 3.25. The number of carbonyl (C=O) groups is 2. The van der Waals surface area contributed by atoms with Gasteiger partial charge in [-0.2, -0.15) is 0 Å². The lowest BCUT2D eigenvalue weighted by atomic mass is 10.2. The minimum Gasteiger partial charge on any atom is -0.449 e. The van der Waals surface area contributed by atoms with Crippen LogP contribution in [0.15, 0.2) is 48.5 Å². The van der Waals surface area contributed by atoms with Crippen LogP contribution in [0.25, 0.3) is 6.08 Å². The van der Waals surface area contributed by atoms with Gasteiger partial charge in [0.2, 0.25) is 0 Å². The van der Waals surface area contributed by atoms with Crippen molar-refractivity contribution in [2.45, 2.75) is 20.0 Å². The van der Waals surface area contributed by atoms with Crippen LogP contribution in [0.4, 0.5) is 11.4 Å². The Bertz CT molecular complexity index is 911. The van der Waals surface area contributed by atoms with Crippen LogP contribution in [0.2, 0.25) is 5.02 Å². The molecule has 8 heteroatoms. The van der Waals surface area contributed by atoms with Gasteiger partial charge in [-0.3, -0.25) is 14.9 Å². The molecule has 0 heterocycles. The molecule has 0 saturated heterocycles. The van der Waals surface area contributed by atoms with Crippen molar-refractivity contribution in [2.24, 2.45) is 0 Å². The second kappa shape index (κ2) is 8.95. The monoisotopic (exact) mass is 388 g/mol. The van der Waals surface area contributed by atoms with Crippen molar-refractivity contribution in [3.05, 3.63) is 74.8 Å². The zero-order valence-electron chi connectivity index (χ0n) is 14.6. The van der Waals surface area contributed by atoms with Gasteiger partial charge in [-0.05, 0) is 43.2 Å². The third kappa shape index (κ3) is 5.93. The predicted molar refractivity (Wildman–Crippen MR) is 103 cm³/mol. The van der Waals surface area contributed by atoms with E-state index in [-0.39, 0.29) is 5.69 Å². The SMILES string of the molecule is Cc1ccc(Cl)cc1NC(=O)C(C)OC(=O)C=Cc1cccc([N+](=O)[O-])c1. The van der Waals surface area contributed by atoms with Gasteiger partial charge in [0.1, 0.15) is 0 Å². The maximum Gasteiger partial charge on any atom is 0.331 e. The van der Waals surface area contributed by atoms with Crippen LogP contribution < -0.4 is 5.32 Å². The van der Waals surface area contributed by atoms with E-state index in [1.165, 1.54) is 31.2 Å². The summed E-state index contributed by atoms with van der Waals surface area (Å²) in [5.74, 6) is -1.25. The number of aryl methyl sites for hydroxylation is 1. The Hall–Kier alpha value is -3.19. The number of esters is 1. The minimum absolute atomic E-state index is 0.0878. The number of nitrogens with zero attached hydrogens (tertiary/aromatic N) is 1. The number of carbonyl (C=O) groups excluding carboxylic acids is 2. The number of nitro groups is 1. The maximum absolute atomic E-state index is 12.2. The average molecular weight is 389 g/mol. The Morgan fingerprint density at radius 3 is 2.70 bits per heavy atom. The Morgan fingerprint density at radius 2 is 2.00 bits per heavy atom. The molecule has 2 aromatic carbocycles. The fraction of sp³-hybridized carbons (Fsp3) is 0.158. The Morgan fingerprint density at radius 1 is 1.26 bits per heavy atom. The topological polar surface area (TPSA) is 98.5 Å². The van der Waals surface area contributed by atoms with E-state index in [0.29, 0.717) is 16.3 Å². The highest BCUT2D eigenvalue weighted by Gasteiger charge is 2.17. The van der Waals surface area contributed by atoms with Gasteiger partial charge in [0.05, 0.1) is 4.92 Å². The number of nitrogens with one attached hydrogen (secondary N) is 1. The molecule has 7 nitrogen and oxygen atoms in total. The fourth-order valence-electron chi connectivity index (χ4n) is 2.14. The molecule has 0 aromatic heterocycles. The molecule has 27 heavy (non-hydrogen) atoms. The van der Waals surface area contributed by atoms with Crippen LogP contribution in [-0.2, 0) is 14.3 Å². The molecule has 1 atom stereocenters. The molecule has 1 N–H and O–H groups in total. The highest BCUT2D eigenvalue weighted by Crippen LogP contribution is 2.20. The largest absolute Gasteiger partial charge is 0.449 e. The van der Waals surface area contributed by atoms with E-state index >= 15 is 0 Å². The molecule has 0 aliphatic rings. The van der Waals surface area contributed by atoms with Crippen molar-refractivity contribution in [2.75, 3.05) is 5.32 Å². The van der Waals surface area contributed by atoms with Crippen molar-refractivity contribution in [1.29, 1.82) is 0 Å². The molecule has 2 rings (SSSR count). The predicted octanol–water partition coefficient (Wildman–Crippen LogP) is 4.14. The normalized spacial score (nSPS) is 11.8. The zero-order valence-corrected chi connectivity index (χ0v) is 15.4. The van der Waals surface area contributed by atoms with E-state index < -0.39 is 22.9 Å². The third-order valence-electron chi connectivity index (χ3n) is 3.61. The Balaban J connectivity index is 1.96. The van der Waals surface area contributed by atoms with Crippen LogP contribution in [-0.4, -0.2) is 22.9 Å². The Labute approximate surface area is 160 Å². The molecule has 0 fully saturated rings. The molecule has 0 aliphatic heterocycles. The second-order valence-corrected chi connectivity index (χ2v) is 6.15. The Kier molecular flexibility index (Phi) is 6.67. The fourth-order valence-corrected chi connectivity index (χ4v) is 2.31. The lowest BCUT2D eigenvalue weighted by Crippen LogP contribution is -2.29. The number of rotatable bonds is 6. The molecule has 0 bridgehead atoms. The smallest absolute Gasteiger partial charge is 0.331 e. The minimum atomic E-state index is -1.04. The van der Waals surface area contributed by atoms with Crippen molar-refractivity contribution in [3.63, 3.8) is 0 Å². The summed E-state index contributed by atoms with van der Waals surface area (Å²) >= 11 is 5.91. The molecule has 0 spiro atoms. The number of amides is 1. The lowest BCUT2D eigenvalue weighted by Gasteiger charge is -2.14. The van der Waals surface area contributed by atoms with E-state index in [1.54, 1.807) is 24.3 Å². The first-order chi connectivity index (χ1) is 12.8. The van der Waals surface area contributed by atoms with Crippen LogP contribution in [0, 0.1) is 17.0 Å². The van der Waals surface area contributed by atoms with E-state index in [0.717, 1.165) is 11.6 Å². The van der Waals surface area contributed by atoms with Crippen LogP contribution in [0.5, 0.6) is 0 Å². The highest BCUT2D eigenvalue weighted by atomic mass is 35.5. The first-order valence-corrected chi connectivity index (χ1v) is 8.34. The third-order valence-corrected chi connectivity index (χ3v) is 3.85. The summed E-state index contributed by atoms with van der Waals surface area (Å²) in [7, 11) is 0. The molecular weight excluding hydrogens is 372 g/mol. The quantitative estimate of drug-likeness (QED) is 0.347. The number of hydrogen-bond acceptors (Lipinski definition) is 5. The van der Waals surface area contributed by atoms with Crippen molar-refractivity contribution < 1.29 is 19.2 Å². The average Bonchev–Trinajstić information content (AvgIpc) is 2.63. The number of anilines is 1. The summed E-state index contributed by atoms with van der Waals surface area (Å²) < 4.78 is 5.05. The van der Waals surface area contributed by atoms with Gasteiger partial charge in [0, 0.05) is 28.9 Å². The standard InChI is InChI=1S/C19H17ClN2O5/c1-12-6-8-15(20)11-17(12)21-19(24)13(2)27-18(23)9-7-14-4-3-5-16(10-14)22(25)26/h3-11,13H,1-2H3,(H,21,24). The molecule has 0 radical (unpaired) electrons. The van der Waals surface area contributed by atoms with Crippen molar-refractivity contribution >= 4 is 40.9 Å². The number of hydrogen-bond donors (Lipinski definition) is 1. The number of halogens is 1. The van der Waals surface area contributed by atoms with E-state index in [2.05, 4.69) is 5.32 Å². The summed E-state index contributed by atoms with van der Waals surface area (Å²) in [6, 6.07) is 10.8. The van der Waals surface area contributed by atoms with Crippen molar-refractivity contribution in [1.82, 2.24) is 0 Å². The van der Waals surface area contributed by atoms with Crippen LogP contribution >= 0.6 is 11.6 Å². The van der Waals surface area contributed by atoms with E-state index in [9.17, 15) is 19.7 Å². The van der Waals surface area contributed by atoms with Crippen LogP contribution in [0.1, 0.15) is 18.1 Å². The summed E-state index contributed by atoms with van der Waals surface area (Å²) in [5.41, 5.74) is 1.72. The van der Waals surface area contributed by atoms with Gasteiger partial charge in [0.15, 0.2) is 6.10 Å². The summed E-state index contributed by atoms with van der Waals surface area (Å²) in [4.78, 5) is 34.3. The first kappa shape index (κ1) is 20.1. The van der Waals surface area contributed by atoms with Crippen molar-refractivity contribution in [3.8, 4) is 0 Å². The van der Waals surface area contributed by atoms with Gasteiger partial charge in [-0.15, -0.1) is 0 Å². The number of nitro benzene ring substituents is 1. The molecule has 2 aromatic rings. The van der Waals surface area contributed by atoms with Gasteiger partial charge in [-0.25, -0.2) is 4.79 Å². The van der Waals surface area contributed by atoms with Crippen LogP contribution in [0.3, 0.4) is 0 Å². The number of non-ortho nitro benzene ring substituents is 1. The summed E-state index contributed by atoms with van der Waals surface area (Å²) in [6.07, 6.45) is 1.44. The highest BCUT2D eigenvalue weighted by molar-refractivity contribution is 6.31. The summed E-state index contributed by atoms with van der Waals surface area (Å²) in [5, 5.41) is 13.9. The second-order valence-electron chi connectivity index (χ2n) is 5.71. The molecular formula is C19H17ClN2O5. The zero-order chi connectivity index (χ0) is 20.0. The molecule has 0 saturated carbocycles. The molecule has 1 unspecified atom stereocenters. The number of ether oxygens (including phenoxy) is 1. The molecule has 1 amide bonds. The molecule has 0 aliphatic carbocycles. The van der Waals surface area contributed by atoms with Gasteiger partial charge < -0.3 is 10.1 Å². The lowest BCUT2D eigenvalue weighted by molar-refractivity contribution is -0.384. The van der Waals surface area contributed by atoms with Gasteiger partial charge in [-0.1, -0.05) is 29.8 Å². The maximum atomic E-state index is 12.2. The first-order valence-electron chi connectivity index (χ1n) is 7.96. The van der Waals surface area contributed by atoms with Gasteiger partial charge in [0.25, 0.3) is 11.6 Å². The molecule has 140 valence electrons. The van der Waals surface area contributed by atoms with E-state index in [4.69, 9.17) is 16.3 Å².